The largest absolute Gasteiger partial charge is 0.479 e. The topological polar surface area (TPSA) is 80.4 Å². The normalized spacial score (nSPS) is 23.6. The van der Waals surface area contributed by atoms with Crippen molar-refractivity contribution in [3.05, 3.63) is 12.1 Å². The number of hydrogen-bond donors (Lipinski definition) is 3. The fourth-order valence-electron chi connectivity index (χ4n) is 2.20. The van der Waals surface area contributed by atoms with Crippen LogP contribution in [-0.2, 0) is 0 Å². The summed E-state index contributed by atoms with van der Waals surface area (Å²) in [6.07, 6.45) is 2.72. The molecule has 0 aromatic carbocycles. The molecule has 4 N–H and O–H groups in total. The zero-order valence-corrected chi connectivity index (χ0v) is 10.0. The number of hydrogen-bond acceptors (Lipinski definition) is 5. The van der Waals surface area contributed by atoms with Crippen LogP contribution in [0.4, 0.5) is 11.5 Å². The average Bonchev–Trinajstić information content (AvgIpc) is 2.74. The van der Waals surface area contributed by atoms with Gasteiger partial charge in [0.1, 0.15) is 5.82 Å². The molecule has 1 saturated carbocycles. The Morgan fingerprint density at radius 1 is 1.53 bits per heavy atom. The molecule has 5 heteroatoms. The van der Waals surface area contributed by atoms with Crippen LogP contribution in [-0.4, -0.2) is 29.8 Å². The van der Waals surface area contributed by atoms with Crippen LogP contribution in [0.3, 0.4) is 0 Å². The van der Waals surface area contributed by atoms with Crippen LogP contribution in [0, 0.1) is 5.92 Å². The van der Waals surface area contributed by atoms with E-state index >= 15 is 0 Å². The maximum atomic E-state index is 9.44. The van der Waals surface area contributed by atoms with E-state index < -0.39 is 0 Å². The third kappa shape index (κ3) is 3.00. The van der Waals surface area contributed by atoms with Crippen molar-refractivity contribution in [1.82, 2.24) is 4.98 Å². The van der Waals surface area contributed by atoms with Gasteiger partial charge in [-0.05, 0) is 37.3 Å². The lowest BCUT2D eigenvalue weighted by atomic mass is 10.1. The number of methoxy groups -OCH3 is 1. The summed E-state index contributed by atoms with van der Waals surface area (Å²) in [6.45, 7) is 0.830. The lowest BCUT2D eigenvalue weighted by molar-refractivity contribution is 0.178. The minimum atomic E-state index is -0.129. The molecule has 94 valence electrons. The molecule has 1 aliphatic rings. The number of nitrogens with two attached hydrogens (primary N) is 1. The van der Waals surface area contributed by atoms with Crippen LogP contribution in [0.2, 0.25) is 0 Å². The first-order valence-electron chi connectivity index (χ1n) is 5.91. The molecule has 0 saturated heterocycles. The fraction of sp³-hybridized carbons (Fsp3) is 0.583. The molecule has 1 fully saturated rings. The van der Waals surface area contributed by atoms with Gasteiger partial charge in [0.05, 0.1) is 18.9 Å². The Bertz CT molecular complexity index is 384. The van der Waals surface area contributed by atoms with E-state index in [9.17, 15) is 5.11 Å². The molecule has 0 spiro atoms. The molecule has 2 rings (SSSR count). The van der Waals surface area contributed by atoms with Gasteiger partial charge in [-0.25, -0.2) is 0 Å². The summed E-state index contributed by atoms with van der Waals surface area (Å²) in [5, 5.41) is 12.7. The highest BCUT2D eigenvalue weighted by Gasteiger charge is 2.22. The number of rotatable bonds is 4. The highest BCUT2D eigenvalue weighted by molar-refractivity contribution is 5.53. The van der Waals surface area contributed by atoms with Crippen molar-refractivity contribution in [2.75, 3.05) is 24.7 Å². The van der Waals surface area contributed by atoms with Crippen molar-refractivity contribution in [1.29, 1.82) is 0 Å². The first kappa shape index (κ1) is 12.0. The predicted molar refractivity (Wildman–Crippen MR) is 67.0 cm³/mol. The maximum Gasteiger partial charge on any atom is 0.238 e. The Morgan fingerprint density at radius 3 is 3.00 bits per heavy atom. The average molecular weight is 237 g/mol. The number of pyridine rings is 1. The lowest BCUT2D eigenvalue weighted by Crippen LogP contribution is -2.13. The number of nitrogens with zero attached hydrogens (tertiary/aromatic N) is 1. The van der Waals surface area contributed by atoms with Gasteiger partial charge >= 0.3 is 0 Å². The highest BCUT2D eigenvalue weighted by atomic mass is 16.5. The summed E-state index contributed by atoms with van der Waals surface area (Å²) in [5.41, 5.74) is 6.22. The Morgan fingerprint density at radius 2 is 2.35 bits per heavy atom. The monoisotopic (exact) mass is 237 g/mol. The van der Waals surface area contributed by atoms with Crippen molar-refractivity contribution < 1.29 is 9.84 Å². The molecule has 0 bridgehead atoms. The van der Waals surface area contributed by atoms with Crippen molar-refractivity contribution in [3.8, 4) is 5.88 Å². The second-order valence-corrected chi connectivity index (χ2v) is 4.51. The van der Waals surface area contributed by atoms with Crippen LogP contribution >= 0.6 is 0 Å². The SMILES string of the molecule is COc1nc(NCC2CCC(O)C2)ccc1N. The van der Waals surface area contributed by atoms with Gasteiger partial charge in [-0.3, -0.25) is 0 Å². The number of nitrogen functional groups attached to an aromatic ring is 1. The van der Waals surface area contributed by atoms with Crippen molar-refractivity contribution >= 4 is 11.5 Å². The summed E-state index contributed by atoms with van der Waals surface area (Å²) in [5.74, 6) is 1.73. The molecule has 2 atom stereocenters. The first-order chi connectivity index (χ1) is 8.19. The summed E-state index contributed by atoms with van der Waals surface area (Å²) >= 11 is 0. The second kappa shape index (κ2) is 5.23. The van der Waals surface area contributed by atoms with Crippen LogP contribution < -0.4 is 15.8 Å². The van der Waals surface area contributed by atoms with E-state index in [0.717, 1.165) is 31.6 Å². The second-order valence-electron chi connectivity index (χ2n) is 4.51. The number of nitrogens with one attached hydrogen (secondary N) is 1. The standard InChI is InChI=1S/C12H19N3O2/c1-17-12-10(13)4-5-11(15-12)14-7-8-2-3-9(16)6-8/h4-5,8-9,16H,2-3,6-7,13H2,1H3,(H,14,15). The van der Waals surface area contributed by atoms with Gasteiger partial charge in [0.2, 0.25) is 5.88 Å². The van der Waals surface area contributed by atoms with E-state index in [1.807, 2.05) is 6.07 Å². The molecule has 1 aromatic rings. The van der Waals surface area contributed by atoms with Crippen LogP contribution in [0.5, 0.6) is 5.88 Å². The van der Waals surface area contributed by atoms with Gasteiger partial charge in [0, 0.05) is 6.54 Å². The van der Waals surface area contributed by atoms with Crippen LogP contribution in [0.25, 0.3) is 0 Å². The number of aliphatic hydroxyl groups excluding tert-OH is 1. The number of ether oxygens (including phenoxy) is 1. The Hall–Kier alpha value is -1.49. The minimum absolute atomic E-state index is 0.129. The van der Waals surface area contributed by atoms with Gasteiger partial charge in [0.15, 0.2) is 0 Å². The molecule has 1 aliphatic carbocycles. The zero-order valence-electron chi connectivity index (χ0n) is 10.0. The predicted octanol–water partition coefficient (Wildman–Crippen LogP) is 1.25. The van der Waals surface area contributed by atoms with E-state index in [0.29, 0.717) is 17.5 Å². The Kier molecular flexibility index (Phi) is 3.68. The summed E-state index contributed by atoms with van der Waals surface area (Å²) in [4.78, 5) is 4.25. The van der Waals surface area contributed by atoms with E-state index in [-0.39, 0.29) is 6.10 Å². The summed E-state index contributed by atoms with van der Waals surface area (Å²) in [7, 11) is 1.55. The molecular weight excluding hydrogens is 218 g/mol. The molecule has 0 aliphatic heterocycles. The summed E-state index contributed by atoms with van der Waals surface area (Å²) < 4.78 is 5.06. The van der Waals surface area contributed by atoms with Crippen molar-refractivity contribution in [2.24, 2.45) is 5.92 Å². The first-order valence-corrected chi connectivity index (χ1v) is 5.91. The van der Waals surface area contributed by atoms with E-state index in [2.05, 4.69) is 10.3 Å². The molecule has 17 heavy (non-hydrogen) atoms. The maximum absolute atomic E-state index is 9.44. The van der Waals surface area contributed by atoms with Gasteiger partial charge in [-0.15, -0.1) is 0 Å². The number of aliphatic hydroxyl groups is 1. The van der Waals surface area contributed by atoms with Gasteiger partial charge in [-0.2, -0.15) is 4.98 Å². The lowest BCUT2D eigenvalue weighted by Gasteiger charge is -2.12. The van der Waals surface area contributed by atoms with Gasteiger partial charge < -0.3 is 20.9 Å². The van der Waals surface area contributed by atoms with E-state index in [1.165, 1.54) is 0 Å². The Balaban J connectivity index is 1.90. The molecular formula is C12H19N3O2. The summed E-state index contributed by atoms with van der Waals surface area (Å²) in [6, 6.07) is 3.61. The van der Waals surface area contributed by atoms with Crippen LogP contribution in [0.15, 0.2) is 12.1 Å². The fourth-order valence-corrected chi connectivity index (χ4v) is 2.20. The molecule has 1 aromatic heterocycles. The molecule has 0 radical (unpaired) electrons. The number of anilines is 2. The van der Waals surface area contributed by atoms with Gasteiger partial charge in [-0.1, -0.05) is 0 Å². The quantitative estimate of drug-likeness (QED) is 0.734. The smallest absolute Gasteiger partial charge is 0.238 e. The number of aromatic nitrogens is 1. The van der Waals surface area contributed by atoms with E-state index in [4.69, 9.17) is 10.5 Å². The highest BCUT2D eigenvalue weighted by Crippen LogP contribution is 2.26. The Labute approximate surface area is 101 Å². The molecule has 5 nitrogen and oxygen atoms in total. The van der Waals surface area contributed by atoms with Gasteiger partial charge in [0.25, 0.3) is 0 Å². The van der Waals surface area contributed by atoms with Crippen molar-refractivity contribution in [3.63, 3.8) is 0 Å². The van der Waals surface area contributed by atoms with E-state index in [1.54, 1.807) is 13.2 Å². The molecule has 2 unspecified atom stereocenters. The molecule has 1 heterocycles. The third-order valence-corrected chi connectivity index (χ3v) is 3.17. The third-order valence-electron chi connectivity index (χ3n) is 3.17. The zero-order chi connectivity index (χ0) is 12.3. The van der Waals surface area contributed by atoms with Crippen LogP contribution in [0.1, 0.15) is 19.3 Å². The molecule has 0 amide bonds. The van der Waals surface area contributed by atoms with Crippen molar-refractivity contribution in [2.45, 2.75) is 25.4 Å². The minimum Gasteiger partial charge on any atom is -0.479 e.